The number of thiazole rings is 1. The van der Waals surface area contributed by atoms with Gasteiger partial charge in [-0.3, -0.25) is 9.59 Å². The molecule has 5 N–H and O–H groups in total. The van der Waals surface area contributed by atoms with E-state index in [1.54, 1.807) is 18.2 Å². The standard InChI is InChI=1S/C27H37N3O5S/c1-25(2,3)23(35)30-24-29-22-17(12-21(34)28-15-7-6-8-16(32)11-15)26(4)10-9-20(33)27(5,14-31)19(26)13-18(22)36-24/h6-8,11,17,19-20,31-33H,9-10,12-14H2,1-5H3,(H,28,34)(H,29,30,35)/t17-,19+,20-,26+,27+/m1/s1. The number of phenols is 1. The van der Waals surface area contributed by atoms with Crippen LogP contribution in [0.25, 0.3) is 0 Å². The summed E-state index contributed by atoms with van der Waals surface area (Å²) in [5, 5.41) is 37.4. The van der Waals surface area contributed by atoms with Gasteiger partial charge in [0.25, 0.3) is 0 Å². The van der Waals surface area contributed by atoms with Gasteiger partial charge in [-0.25, -0.2) is 4.98 Å². The first-order chi connectivity index (χ1) is 16.8. The van der Waals surface area contributed by atoms with E-state index in [2.05, 4.69) is 17.6 Å². The van der Waals surface area contributed by atoms with E-state index in [1.807, 2.05) is 27.7 Å². The van der Waals surface area contributed by atoms with Crippen LogP contribution in [0.2, 0.25) is 0 Å². The molecule has 0 aliphatic heterocycles. The smallest absolute Gasteiger partial charge is 0.231 e. The molecule has 36 heavy (non-hydrogen) atoms. The molecule has 0 saturated heterocycles. The number of aliphatic hydroxyl groups is 2. The second-order valence-electron chi connectivity index (χ2n) is 11.9. The Kier molecular flexibility index (Phi) is 6.96. The number of aromatic nitrogens is 1. The number of hydrogen-bond donors (Lipinski definition) is 5. The molecule has 196 valence electrons. The summed E-state index contributed by atoms with van der Waals surface area (Å²) in [6.07, 6.45) is 1.36. The fourth-order valence-corrected chi connectivity index (χ4v) is 7.03. The van der Waals surface area contributed by atoms with Crippen LogP contribution in [0.3, 0.4) is 0 Å². The Morgan fingerprint density at radius 1 is 1.22 bits per heavy atom. The summed E-state index contributed by atoms with van der Waals surface area (Å²) in [5.41, 5.74) is -0.367. The molecule has 2 aliphatic carbocycles. The number of aliphatic hydroxyl groups excluding tert-OH is 2. The summed E-state index contributed by atoms with van der Waals surface area (Å²) in [6, 6.07) is 6.43. The summed E-state index contributed by atoms with van der Waals surface area (Å²) in [4.78, 5) is 31.7. The zero-order chi connectivity index (χ0) is 26.5. The molecule has 9 heteroatoms. The zero-order valence-electron chi connectivity index (χ0n) is 21.6. The monoisotopic (exact) mass is 515 g/mol. The van der Waals surface area contributed by atoms with E-state index in [1.165, 1.54) is 17.4 Å². The van der Waals surface area contributed by atoms with Gasteiger partial charge in [0.1, 0.15) is 5.75 Å². The highest BCUT2D eigenvalue weighted by Crippen LogP contribution is 2.62. The normalized spacial score (nSPS) is 29.7. The molecule has 8 nitrogen and oxygen atoms in total. The van der Waals surface area contributed by atoms with Crippen molar-refractivity contribution in [1.29, 1.82) is 0 Å². The number of hydrogen-bond acceptors (Lipinski definition) is 7. The maximum Gasteiger partial charge on any atom is 0.231 e. The fourth-order valence-electron chi connectivity index (χ4n) is 5.96. The Hall–Kier alpha value is -2.49. The molecule has 0 radical (unpaired) electrons. The molecule has 4 rings (SSSR count). The second kappa shape index (κ2) is 9.43. The van der Waals surface area contributed by atoms with E-state index in [9.17, 15) is 24.9 Å². The average molecular weight is 516 g/mol. The Balaban J connectivity index is 1.71. The van der Waals surface area contributed by atoms with Crippen LogP contribution in [-0.2, 0) is 16.0 Å². The minimum atomic E-state index is -0.719. The number of aromatic hydroxyl groups is 1. The summed E-state index contributed by atoms with van der Waals surface area (Å²) in [6.45, 7) is 9.44. The molecular weight excluding hydrogens is 478 g/mol. The minimum Gasteiger partial charge on any atom is -0.508 e. The van der Waals surface area contributed by atoms with Crippen molar-refractivity contribution < 1.29 is 24.9 Å². The number of fused-ring (bicyclic) bond motifs is 2. The lowest BCUT2D eigenvalue weighted by molar-refractivity contribution is -0.143. The summed E-state index contributed by atoms with van der Waals surface area (Å²) in [7, 11) is 0. The van der Waals surface area contributed by atoms with Gasteiger partial charge in [0, 0.05) is 39.8 Å². The first-order valence-electron chi connectivity index (χ1n) is 12.5. The van der Waals surface area contributed by atoms with Gasteiger partial charge in [0.2, 0.25) is 11.8 Å². The number of rotatable bonds is 5. The number of phenolic OH excluding ortho intramolecular Hbond substituents is 1. The number of carbonyl (C=O) groups is 2. The number of nitrogens with one attached hydrogen (secondary N) is 2. The fraction of sp³-hybridized carbons (Fsp3) is 0.593. The zero-order valence-corrected chi connectivity index (χ0v) is 22.4. The van der Waals surface area contributed by atoms with Gasteiger partial charge in [-0.05, 0) is 42.7 Å². The molecule has 1 saturated carbocycles. The third kappa shape index (κ3) is 4.76. The molecule has 2 amide bonds. The first-order valence-corrected chi connectivity index (χ1v) is 13.3. The van der Waals surface area contributed by atoms with Crippen molar-refractivity contribution in [3.05, 3.63) is 34.8 Å². The van der Waals surface area contributed by atoms with Crippen molar-refractivity contribution in [3.63, 3.8) is 0 Å². The van der Waals surface area contributed by atoms with Crippen LogP contribution in [0, 0.1) is 22.2 Å². The molecule has 2 aromatic rings. The van der Waals surface area contributed by atoms with Gasteiger partial charge in [-0.2, -0.15) is 0 Å². The molecule has 2 aliphatic rings. The molecule has 1 aromatic heterocycles. The number of amides is 2. The Morgan fingerprint density at radius 3 is 2.58 bits per heavy atom. The molecule has 0 bridgehead atoms. The Labute approximate surface area is 216 Å². The van der Waals surface area contributed by atoms with E-state index < -0.39 is 16.9 Å². The Morgan fingerprint density at radius 2 is 1.94 bits per heavy atom. The quantitative estimate of drug-likeness (QED) is 0.404. The highest BCUT2D eigenvalue weighted by molar-refractivity contribution is 7.15. The predicted octanol–water partition coefficient (Wildman–Crippen LogP) is 4.28. The van der Waals surface area contributed by atoms with Gasteiger partial charge >= 0.3 is 0 Å². The van der Waals surface area contributed by atoms with E-state index in [-0.39, 0.29) is 47.8 Å². The van der Waals surface area contributed by atoms with Crippen molar-refractivity contribution >= 4 is 34.0 Å². The summed E-state index contributed by atoms with van der Waals surface area (Å²) >= 11 is 1.41. The van der Waals surface area contributed by atoms with E-state index >= 15 is 0 Å². The van der Waals surface area contributed by atoms with Crippen LogP contribution in [0.5, 0.6) is 5.75 Å². The van der Waals surface area contributed by atoms with Crippen LogP contribution in [0.4, 0.5) is 10.8 Å². The molecular formula is C27H37N3O5S. The lowest BCUT2D eigenvalue weighted by Gasteiger charge is -2.58. The highest BCUT2D eigenvalue weighted by atomic mass is 32.1. The lowest BCUT2D eigenvalue weighted by Crippen LogP contribution is -2.57. The van der Waals surface area contributed by atoms with Crippen molar-refractivity contribution in [2.24, 2.45) is 22.2 Å². The molecule has 1 fully saturated rings. The van der Waals surface area contributed by atoms with Crippen LogP contribution >= 0.6 is 11.3 Å². The number of benzene rings is 1. The summed E-state index contributed by atoms with van der Waals surface area (Å²) < 4.78 is 0. The topological polar surface area (TPSA) is 132 Å². The molecule has 0 unspecified atom stereocenters. The van der Waals surface area contributed by atoms with Gasteiger partial charge in [0.05, 0.1) is 18.4 Å². The predicted molar refractivity (Wildman–Crippen MR) is 140 cm³/mol. The van der Waals surface area contributed by atoms with Crippen molar-refractivity contribution in [3.8, 4) is 5.75 Å². The van der Waals surface area contributed by atoms with Gasteiger partial charge in [-0.1, -0.05) is 40.7 Å². The van der Waals surface area contributed by atoms with Gasteiger partial charge < -0.3 is 26.0 Å². The number of carbonyl (C=O) groups excluding carboxylic acids is 2. The number of nitrogens with zero attached hydrogens (tertiary/aromatic N) is 1. The van der Waals surface area contributed by atoms with Crippen LogP contribution in [0.1, 0.15) is 70.4 Å². The maximum absolute atomic E-state index is 13.2. The third-order valence-corrected chi connectivity index (χ3v) is 9.32. The van der Waals surface area contributed by atoms with Crippen molar-refractivity contribution in [1.82, 2.24) is 4.98 Å². The first kappa shape index (κ1) is 26.6. The maximum atomic E-state index is 13.2. The summed E-state index contributed by atoms with van der Waals surface area (Å²) in [5.74, 6) is -0.608. The van der Waals surface area contributed by atoms with E-state index in [0.29, 0.717) is 30.1 Å². The Bertz CT molecular complexity index is 1160. The van der Waals surface area contributed by atoms with Crippen LogP contribution in [-0.4, -0.2) is 44.8 Å². The SMILES string of the molecule is CC(C)(C)C(=O)Nc1nc2c(s1)C[C@@H]1[C@](C)(CO)[C@H](O)CC[C@@]1(C)[C@@H]2CC(=O)Nc1cccc(O)c1. The van der Waals surface area contributed by atoms with Crippen LogP contribution < -0.4 is 10.6 Å². The highest BCUT2D eigenvalue weighted by Gasteiger charge is 2.59. The average Bonchev–Trinajstić information content (AvgIpc) is 3.19. The van der Waals surface area contributed by atoms with Crippen molar-refractivity contribution in [2.75, 3.05) is 17.2 Å². The van der Waals surface area contributed by atoms with E-state index in [0.717, 1.165) is 10.6 Å². The van der Waals surface area contributed by atoms with Crippen LogP contribution in [0.15, 0.2) is 24.3 Å². The number of anilines is 2. The lowest BCUT2D eigenvalue weighted by atomic mass is 9.47. The van der Waals surface area contributed by atoms with E-state index in [4.69, 9.17) is 4.98 Å². The largest absolute Gasteiger partial charge is 0.508 e. The molecule has 0 spiro atoms. The molecule has 1 aromatic carbocycles. The minimum absolute atomic E-state index is 0.0680. The third-order valence-electron chi connectivity index (χ3n) is 8.31. The van der Waals surface area contributed by atoms with Gasteiger partial charge in [0.15, 0.2) is 5.13 Å². The molecule has 1 heterocycles. The second-order valence-corrected chi connectivity index (χ2v) is 13.0. The molecule has 5 atom stereocenters. The van der Waals surface area contributed by atoms with Crippen molar-refractivity contribution in [2.45, 2.75) is 72.3 Å². The van der Waals surface area contributed by atoms with Gasteiger partial charge in [-0.15, -0.1) is 11.3 Å².